The average Bonchev–Trinajstić information content (AvgIpc) is 2.36. The number of pyridine rings is 1. The van der Waals surface area contributed by atoms with Crippen molar-refractivity contribution < 1.29 is 14.8 Å². The van der Waals surface area contributed by atoms with Crippen LogP contribution in [0.2, 0.25) is 0 Å². The van der Waals surface area contributed by atoms with Crippen molar-refractivity contribution in [2.75, 3.05) is 18.0 Å². The third kappa shape index (κ3) is 1.83. The minimum absolute atomic E-state index is 0.00663. The fourth-order valence-corrected chi connectivity index (χ4v) is 2.39. The largest absolute Gasteiger partial charge is 0.481 e. The van der Waals surface area contributed by atoms with Crippen LogP contribution in [0.4, 0.5) is 11.4 Å². The zero-order chi connectivity index (χ0) is 14.3. The summed E-state index contributed by atoms with van der Waals surface area (Å²) in [6.45, 7) is 0.803. The second-order valence-corrected chi connectivity index (χ2v) is 4.70. The SMILES string of the molecule is O=C(O)C1CN(c2ccc([N+](=O)[O-])c3cccnc23)C1. The number of carboxylic acid groups (broad SMARTS) is 1. The van der Waals surface area contributed by atoms with E-state index in [4.69, 9.17) is 5.11 Å². The van der Waals surface area contributed by atoms with E-state index in [0.29, 0.717) is 24.0 Å². The molecule has 1 fully saturated rings. The monoisotopic (exact) mass is 273 g/mol. The molecule has 1 N–H and O–H groups in total. The Kier molecular flexibility index (Phi) is 2.74. The van der Waals surface area contributed by atoms with Crippen LogP contribution in [0, 0.1) is 16.0 Å². The number of fused-ring (bicyclic) bond motifs is 1. The lowest BCUT2D eigenvalue weighted by Crippen LogP contribution is -2.50. The summed E-state index contributed by atoms with van der Waals surface area (Å²) in [7, 11) is 0. The van der Waals surface area contributed by atoms with Crippen LogP contribution >= 0.6 is 0 Å². The minimum Gasteiger partial charge on any atom is -0.481 e. The Hall–Kier alpha value is -2.70. The van der Waals surface area contributed by atoms with Crippen molar-refractivity contribution in [3.05, 3.63) is 40.6 Å². The predicted molar refractivity (Wildman–Crippen MR) is 71.7 cm³/mol. The summed E-state index contributed by atoms with van der Waals surface area (Å²) in [5, 5.41) is 20.4. The van der Waals surface area contributed by atoms with Crippen LogP contribution in [0.25, 0.3) is 10.9 Å². The lowest BCUT2D eigenvalue weighted by Gasteiger charge is -2.38. The van der Waals surface area contributed by atoms with Crippen LogP contribution < -0.4 is 4.90 Å². The average molecular weight is 273 g/mol. The summed E-state index contributed by atoms with van der Waals surface area (Å²) < 4.78 is 0. The molecule has 0 amide bonds. The molecule has 102 valence electrons. The molecule has 1 aromatic heterocycles. The number of nitrogens with zero attached hydrogens (tertiary/aromatic N) is 3. The van der Waals surface area contributed by atoms with E-state index in [2.05, 4.69) is 4.98 Å². The second kappa shape index (κ2) is 4.44. The Labute approximate surface area is 113 Å². The molecule has 7 heteroatoms. The van der Waals surface area contributed by atoms with Gasteiger partial charge < -0.3 is 10.0 Å². The zero-order valence-corrected chi connectivity index (χ0v) is 10.4. The summed E-state index contributed by atoms with van der Waals surface area (Å²) >= 11 is 0. The number of carboxylic acids is 1. The Bertz CT molecular complexity index is 710. The highest BCUT2D eigenvalue weighted by Crippen LogP contribution is 2.35. The number of rotatable bonds is 3. The van der Waals surface area contributed by atoms with Gasteiger partial charge in [-0.3, -0.25) is 19.9 Å². The second-order valence-electron chi connectivity index (χ2n) is 4.70. The van der Waals surface area contributed by atoms with Gasteiger partial charge in [-0.1, -0.05) is 0 Å². The molecule has 3 rings (SSSR count). The Morgan fingerprint density at radius 3 is 2.80 bits per heavy atom. The molecule has 0 atom stereocenters. The van der Waals surface area contributed by atoms with Crippen molar-refractivity contribution in [2.24, 2.45) is 5.92 Å². The number of aliphatic carboxylic acids is 1. The number of aromatic nitrogens is 1. The molecule has 1 saturated heterocycles. The van der Waals surface area contributed by atoms with E-state index < -0.39 is 10.9 Å². The normalized spacial score (nSPS) is 15.1. The topological polar surface area (TPSA) is 96.6 Å². The van der Waals surface area contributed by atoms with Crippen LogP contribution in [0.3, 0.4) is 0 Å². The maximum atomic E-state index is 11.0. The molecule has 1 aliphatic heterocycles. The molecule has 0 aliphatic carbocycles. The van der Waals surface area contributed by atoms with E-state index >= 15 is 0 Å². The molecule has 2 heterocycles. The van der Waals surface area contributed by atoms with Crippen LogP contribution in [0.15, 0.2) is 30.5 Å². The molecule has 0 saturated carbocycles. The maximum absolute atomic E-state index is 11.0. The number of anilines is 1. The Balaban J connectivity index is 2.04. The maximum Gasteiger partial charge on any atom is 0.310 e. The molecule has 0 bridgehead atoms. The van der Waals surface area contributed by atoms with Crippen molar-refractivity contribution in [1.29, 1.82) is 0 Å². The van der Waals surface area contributed by atoms with Gasteiger partial charge in [-0.15, -0.1) is 0 Å². The number of carbonyl (C=O) groups is 1. The molecular formula is C13H11N3O4. The smallest absolute Gasteiger partial charge is 0.310 e. The number of nitro groups is 1. The molecular weight excluding hydrogens is 262 g/mol. The number of benzene rings is 1. The van der Waals surface area contributed by atoms with Gasteiger partial charge in [0.25, 0.3) is 5.69 Å². The summed E-state index contributed by atoms with van der Waals surface area (Å²) in [6.07, 6.45) is 1.57. The van der Waals surface area contributed by atoms with E-state index in [1.165, 1.54) is 6.07 Å². The number of nitro benzene ring substituents is 1. The first kappa shape index (κ1) is 12.3. The van der Waals surface area contributed by atoms with E-state index in [0.717, 1.165) is 5.69 Å². The summed E-state index contributed by atoms with van der Waals surface area (Å²) in [5.41, 5.74) is 1.28. The first-order valence-corrected chi connectivity index (χ1v) is 6.08. The van der Waals surface area contributed by atoms with Gasteiger partial charge in [-0.2, -0.15) is 0 Å². The number of non-ortho nitro benzene ring substituents is 1. The van der Waals surface area contributed by atoms with Crippen molar-refractivity contribution in [1.82, 2.24) is 4.98 Å². The van der Waals surface area contributed by atoms with Crippen molar-refractivity contribution in [3.63, 3.8) is 0 Å². The summed E-state index contributed by atoms with van der Waals surface area (Å²) in [4.78, 5) is 27.5. The first-order valence-electron chi connectivity index (χ1n) is 6.08. The van der Waals surface area contributed by atoms with Gasteiger partial charge in [0.2, 0.25) is 0 Å². The lowest BCUT2D eigenvalue weighted by atomic mass is 9.98. The fraction of sp³-hybridized carbons (Fsp3) is 0.231. The summed E-state index contributed by atoms with van der Waals surface area (Å²) in [5.74, 6) is -1.20. The molecule has 0 spiro atoms. The number of hydrogen-bond donors (Lipinski definition) is 1. The predicted octanol–water partition coefficient (Wildman–Crippen LogP) is 1.66. The summed E-state index contributed by atoms with van der Waals surface area (Å²) in [6, 6.07) is 6.37. The fourth-order valence-electron chi connectivity index (χ4n) is 2.39. The molecule has 0 radical (unpaired) electrons. The van der Waals surface area contributed by atoms with E-state index in [1.807, 2.05) is 4.90 Å². The van der Waals surface area contributed by atoms with Gasteiger partial charge >= 0.3 is 5.97 Å². The van der Waals surface area contributed by atoms with Crippen LogP contribution in [-0.4, -0.2) is 34.1 Å². The molecule has 2 aromatic rings. The van der Waals surface area contributed by atoms with E-state index in [1.54, 1.807) is 24.4 Å². The van der Waals surface area contributed by atoms with Gasteiger partial charge in [0.15, 0.2) is 0 Å². The Morgan fingerprint density at radius 2 is 2.15 bits per heavy atom. The highest BCUT2D eigenvalue weighted by atomic mass is 16.6. The molecule has 1 aromatic carbocycles. The standard InChI is InChI=1S/C13H11N3O4/c17-13(18)8-6-15(7-8)11-4-3-10(16(19)20)9-2-1-5-14-12(9)11/h1-5,8H,6-7H2,(H,17,18). The van der Waals surface area contributed by atoms with Crippen LogP contribution in [0.1, 0.15) is 0 Å². The zero-order valence-electron chi connectivity index (χ0n) is 10.4. The third-order valence-corrected chi connectivity index (χ3v) is 3.49. The van der Waals surface area contributed by atoms with Crippen LogP contribution in [0.5, 0.6) is 0 Å². The third-order valence-electron chi connectivity index (χ3n) is 3.49. The van der Waals surface area contributed by atoms with E-state index in [-0.39, 0.29) is 11.6 Å². The van der Waals surface area contributed by atoms with Crippen LogP contribution in [-0.2, 0) is 4.79 Å². The molecule has 7 nitrogen and oxygen atoms in total. The van der Waals surface area contributed by atoms with Gasteiger partial charge in [0.05, 0.1) is 21.9 Å². The quantitative estimate of drug-likeness (QED) is 0.674. The molecule has 0 unspecified atom stereocenters. The van der Waals surface area contributed by atoms with Gasteiger partial charge in [-0.25, -0.2) is 0 Å². The molecule has 20 heavy (non-hydrogen) atoms. The minimum atomic E-state index is -0.819. The lowest BCUT2D eigenvalue weighted by molar-refractivity contribution is -0.383. The first-order chi connectivity index (χ1) is 9.58. The van der Waals surface area contributed by atoms with Gasteiger partial charge in [0.1, 0.15) is 5.52 Å². The van der Waals surface area contributed by atoms with Crippen molar-refractivity contribution in [2.45, 2.75) is 0 Å². The van der Waals surface area contributed by atoms with Crippen molar-refractivity contribution >= 4 is 28.2 Å². The Morgan fingerprint density at radius 1 is 1.40 bits per heavy atom. The van der Waals surface area contributed by atoms with Crippen molar-refractivity contribution in [3.8, 4) is 0 Å². The van der Waals surface area contributed by atoms with Gasteiger partial charge in [-0.05, 0) is 18.2 Å². The molecule has 1 aliphatic rings. The highest BCUT2D eigenvalue weighted by molar-refractivity contribution is 5.97. The highest BCUT2D eigenvalue weighted by Gasteiger charge is 2.34. The van der Waals surface area contributed by atoms with Gasteiger partial charge in [0, 0.05) is 25.4 Å². The van der Waals surface area contributed by atoms with E-state index in [9.17, 15) is 14.9 Å². The number of hydrogen-bond acceptors (Lipinski definition) is 5.